The van der Waals surface area contributed by atoms with Gasteiger partial charge in [0.2, 0.25) is 5.91 Å². The molecule has 0 saturated carbocycles. The topological polar surface area (TPSA) is 63.1 Å². The summed E-state index contributed by atoms with van der Waals surface area (Å²) in [5.41, 5.74) is 1.08. The number of carbonyl (C=O) groups is 1. The molecule has 9 heteroatoms. The van der Waals surface area contributed by atoms with E-state index >= 15 is 0 Å². The van der Waals surface area contributed by atoms with Gasteiger partial charge in [-0.15, -0.1) is 10.2 Å². The van der Waals surface area contributed by atoms with Gasteiger partial charge in [-0.25, -0.2) is 4.39 Å². The van der Waals surface area contributed by atoms with Crippen molar-refractivity contribution in [1.82, 2.24) is 19.7 Å². The third-order valence-corrected chi connectivity index (χ3v) is 5.94. The second-order valence-electron chi connectivity index (χ2n) is 6.86. The summed E-state index contributed by atoms with van der Waals surface area (Å²) in [5.74, 6) is 0.0917. The molecule has 1 N–H and O–H groups in total. The van der Waals surface area contributed by atoms with Gasteiger partial charge in [0, 0.05) is 10.2 Å². The average molecular weight is 492 g/mol. The van der Waals surface area contributed by atoms with Crippen molar-refractivity contribution in [2.45, 2.75) is 24.5 Å². The first-order chi connectivity index (χ1) is 14.4. The van der Waals surface area contributed by atoms with Crippen LogP contribution in [0.4, 0.5) is 10.1 Å². The van der Waals surface area contributed by atoms with Crippen LogP contribution in [-0.4, -0.2) is 45.4 Å². The quantitative estimate of drug-likeness (QED) is 0.453. The summed E-state index contributed by atoms with van der Waals surface area (Å²) in [6.45, 7) is 2.10. The van der Waals surface area contributed by atoms with E-state index in [0.29, 0.717) is 9.63 Å². The Morgan fingerprint density at radius 2 is 1.97 bits per heavy atom. The molecule has 1 amide bonds. The zero-order valence-electron chi connectivity index (χ0n) is 17.0. The van der Waals surface area contributed by atoms with E-state index < -0.39 is 5.82 Å². The summed E-state index contributed by atoms with van der Waals surface area (Å²) < 4.78 is 16.6. The minimum atomic E-state index is -0.491. The predicted octanol–water partition coefficient (Wildman–Crippen LogP) is 4.91. The number of thioether (sulfide) groups is 1. The molecule has 3 aromatic rings. The number of aromatic nitrogens is 3. The molecule has 158 valence electrons. The lowest BCUT2D eigenvalue weighted by molar-refractivity contribution is -0.113. The minimum absolute atomic E-state index is 0.0812. The SMILES string of the molecule is CC[C@@H](c1nnc(SCC(=O)Nc2ccc(Br)cc2F)n1-c1ccccc1)N(C)C. The molecule has 6 nitrogen and oxygen atoms in total. The third-order valence-electron chi connectivity index (χ3n) is 4.52. The van der Waals surface area contributed by atoms with Gasteiger partial charge >= 0.3 is 0 Å². The second-order valence-corrected chi connectivity index (χ2v) is 8.72. The number of hydrogen-bond donors (Lipinski definition) is 1. The van der Waals surface area contributed by atoms with Crippen molar-refractivity contribution in [1.29, 1.82) is 0 Å². The molecule has 3 rings (SSSR count). The molecule has 0 unspecified atom stereocenters. The maximum Gasteiger partial charge on any atom is 0.234 e. The van der Waals surface area contributed by atoms with E-state index in [4.69, 9.17) is 0 Å². The van der Waals surface area contributed by atoms with E-state index in [-0.39, 0.29) is 23.4 Å². The molecule has 0 aliphatic rings. The van der Waals surface area contributed by atoms with Gasteiger partial charge in [0.25, 0.3) is 0 Å². The van der Waals surface area contributed by atoms with Crippen molar-refractivity contribution in [3.8, 4) is 5.69 Å². The van der Waals surface area contributed by atoms with Crippen LogP contribution in [0.1, 0.15) is 25.2 Å². The van der Waals surface area contributed by atoms with Crippen LogP contribution in [0.3, 0.4) is 0 Å². The molecule has 0 radical (unpaired) electrons. The number of nitrogens with one attached hydrogen (secondary N) is 1. The maximum absolute atomic E-state index is 14.0. The number of para-hydroxylation sites is 1. The highest BCUT2D eigenvalue weighted by molar-refractivity contribution is 9.10. The van der Waals surface area contributed by atoms with E-state index in [9.17, 15) is 9.18 Å². The number of halogens is 2. The maximum atomic E-state index is 14.0. The number of benzene rings is 2. The lowest BCUT2D eigenvalue weighted by atomic mass is 10.2. The molecule has 1 heterocycles. The zero-order valence-corrected chi connectivity index (χ0v) is 19.4. The van der Waals surface area contributed by atoms with Crippen LogP contribution < -0.4 is 5.32 Å². The van der Waals surface area contributed by atoms with Crippen LogP contribution in [0.15, 0.2) is 58.2 Å². The summed E-state index contributed by atoms with van der Waals surface area (Å²) >= 11 is 4.47. The fraction of sp³-hybridized carbons (Fsp3) is 0.286. The van der Waals surface area contributed by atoms with E-state index in [1.54, 1.807) is 6.07 Å². The smallest absolute Gasteiger partial charge is 0.234 e. The number of carbonyl (C=O) groups excluding carboxylic acids is 1. The molecule has 0 saturated heterocycles. The Hall–Kier alpha value is -2.23. The first-order valence-electron chi connectivity index (χ1n) is 9.45. The Labute approximate surface area is 188 Å². The van der Waals surface area contributed by atoms with Crippen LogP contribution in [-0.2, 0) is 4.79 Å². The first-order valence-corrected chi connectivity index (χ1v) is 11.2. The third kappa shape index (κ3) is 5.27. The summed E-state index contributed by atoms with van der Waals surface area (Å²) in [6, 6.07) is 14.4. The Morgan fingerprint density at radius 3 is 2.60 bits per heavy atom. The molecule has 0 aliphatic heterocycles. The van der Waals surface area contributed by atoms with Crippen molar-refractivity contribution in [2.75, 3.05) is 25.2 Å². The second kappa shape index (κ2) is 10.2. The Kier molecular flexibility index (Phi) is 7.63. The Morgan fingerprint density at radius 1 is 1.23 bits per heavy atom. The lowest BCUT2D eigenvalue weighted by Crippen LogP contribution is -2.23. The molecule has 0 bridgehead atoms. The number of rotatable bonds is 8. The van der Waals surface area contributed by atoms with Gasteiger partial charge in [0.1, 0.15) is 5.82 Å². The predicted molar refractivity (Wildman–Crippen MR) is 122 cm³/mol. The number of hydrogen-bond acceptors (Lipinski definition) is 5. The van der Waals surface area contributed by atoms with Crippen molar-refractivity contribution in [3.05, 3.63) is 64.6 Å². The fourth-order valence-corrected chi connectivity index (χ4v) is 4.19. The Balaban J connectivity index is 1.82. The monoisotopic (exact) mass is 491 g/mol. The average Bonchev–Trinajstić information content (AvgIpc) is 3.13. The number of amides is 1. The van der Waals surface area contributed by atoms with Gasteiger partial charge in [-0.3, -0.25) is 14.3 Å². The summed E-state index contributed by atoms with van der Waals surface area (Å²) in [4.78, 5) is 14.5. The summed E-state index contributed by atoms with van der Waals surface area (Å²) in [6.07, 6.45) is 0.867. The minimum Gasteiger partial charge on any atom is -0.323 e. The van der Waals surface area contributed by atoms with Crippen molar-refractivity contribution < 1.29 is 9.18 Å². The molecular weight excluding hydrogens is 469 g/mol. The summed E-state index contributed by atoms with van der Waals surface area (Å²) in [7, 11) is 4.01. The van der Waals surface area contributed by atoms with Crippen LogP contribution in [0, 0.1) is 5.82 Å². The van der Waals surface area contributed by atoms with Crippen LogP contribution in [0.2, 0.25) is 0 Å². The van der Waals surface area contributed by atoms with Gasteiger partial charge < -0.3 is 5.32 Å². The molecule has 1 atom stereocenters. The van der Waals surface area contributed by atoms with E-state index in [2.05, 4.69) is 43.3 Å². The molecule has 2 aromatic carbocycles. The largest absolute Gasteiger partial charge is 0.323 e. The highest BCUT2D eigenvalue weighted by Crippen LogP contribution is 2.28. The van der Waals surface area contributed by atoms with Crippen molar-refractivity contribution in [2.24, 2.45) is 0 Å². The van der Waals surface area contributed by atoms with Crippen LogP contribution >= 0.6 is 27.7 Å². The van der Waals surface area contributed by atoms with E-state index in [1.807, 2.05) is 49.0 Å². The number of anilines is 1. The molecular formula is C21H23BrFN5OS. The first kappa shape index (κ1) is 22.5. The molecule has 0 fully saturated rings. The molecule has 0 spiro atoms. The summed E-state index contributed by atoms with van der Waals surface area (Å²) in [5, 5.41) is 12.0. The number of nitrogens with zero attached hydrogens (tertiary/aromatic N) is 4. The van der Waals surface area contributed by atoms with E-state index in [0.717, 1.165) is 17.9 Å². The molecule has 1 aromatic heterocycles. The molecule has 30 heavy (non-hydrogen) atoms. The lowest BCUT2D eigenvalue weighted by Gasteiger charge is -2.23. The van der Waals surface area contributed by atoms with Gasteiger partial charge in [-0.2, -0.15) is 0 Å². The Bertz CT molecular complexity index is 1010. The van der Waals surface area contributed by atoms with E-state index in [1.165, 1.54) is 23.9 Å². The zero-order chi connectivity index (χ0) is 21.7. The molecule has 0 aliphatic carbocycles. The van der Waals surface area contributed by atoms with Gasteiger partial charge in [-0.1, -0.05) is 52.8 Å². The standard InChI is InChI=1S/C21H23BrFN5OS/c1-4-18(27(2)3)20-25-26-21(28(20)15-8-6-5-7-9-15)30-13-19(29)24-17-11-10-14(22)12-16(17)23/h5-12,18H,4,13H2,1-3H3,(H,24,29)/t18-/m0/s1. The van der Waals surface area contributed by atoms with Gasteiger partial charge in [0.05, 0.1) is 17.5 Å². The van der Waals surface area contributed by atoms with Gasteiger partial charge in [-0.05, 0) is 50.8 Å². The highest BCUT2D eigenvalue weighted by Gasteiger charge is 2.23. The van der Waals surface area contributed by atoms with Crippen LogP contribution in [0.25, 0.3) is 5.69 Å². The van der Waals surface area contributed by atoms with Crippen molar-refractivity contribution >= 4 is 39.3 Å². The van der Waals surface area contributed by atoms with Gasteiger partial charge in [0.15, 0.2) is 11.0 Å². The normalized spacial score (nSPS) is 12.2. The van der Waals surface area contributed by atoms with Crippen molar-refractivity contribution in [3.63, 3.8) is 0 Å². The highest BCUT2D eigenvalue weighted by atomic mass is 79.9. The van der Waals surface area contributed by atoms with Crippen LogP contribution in [0.5, 0.6) is 0 Å². The fourth-order valence-electron chi connectivity index (χ4n) is 3.10.